The van der Waals surface area contributed by atoms with Gasteiger partial charge in [0, 0.05) is 6.54 Å². The quantitative estimate of drug-likeness (QED) is 0.434. The van der Waals surface area contributed by atoms with E-state index in [1.54, 1.807) is 6.07 Å². The lowest BCUT2D eigenvalue weighted by atomic mass is 9.92. The Morgan fingerprint density at radius 2 is 2.05 bits per heavy atom. The van der Waals surface area contributed by atoms with Gasteiger partial charge >= 0.3 is 5.69 Å². The highest BCUT2D eigenvalue weighted by atomic mass is 16.6. The third-order valence-corrected chi connectivity index (χ3v) is 2.78. The summed E-state index contributed by atoms with van der Waals surface area (Å²) in [5, 5.41) is 13.8. The number of para-hydroxylation sites is 1. The molecule has 0 aliphatic rings. The summed E-state index contributed by atoms with van der Waals surface area (Å²) in [6.07, 6.45) is 0.779. The predicted molar refractivity (Wildman–Crippen MR) is 77.3 cm³/mol. The van der Waals surface area contributed by atoms with Gasteiger partial charge in [-0.2, -0.15) is 0 Å². The van der Waals surface area contributed by atoms with Crippen molar-refractivity contribution in [3.63, 3.8) is 0 Å². The van der Waals surface area contributed by atoms with Crippen LogP contribution < -0.4 is 16.6 Å². The number of carbonyl (C=O) groups is 1. The van der Waals surface area contributed by atoms with Crippen molar-refractivity contribution in [1.29, 1.82) is 0 Å². The van der Waals surface area contributed by atoms with E-state index < -0.39 is 10.8 Å². The van der Waals surface area contributed by atoms with E-state index in [2.05, 4.69) is 31.5 Å². The number of benzene rings is 1. The van der Waals surface area contributed by atoms with Crippen LogP contribution in [0.4, 0.5) is 11.4 Å². The van der Waals surface area contributed by atoms with E-state index in [0.29, 0.717) is 6.54 Å². The summed E-state index contributed by atoms with van der Waals surface area (Å²) in [4.78, 5) is 22.5. The number of amides is 1. The van der Waals surface area contributed by atoms with Gasteiger partial charge in [0.15, 0.2) is 0 Å². The van der Waals surface area contributed by atoms with Crippen LogP contribution in [0.2, 0.25) is 0 Å². The van der Waals surface area contributed by atoms with Gasteiger partial charge in [-0.25, -0.2) is 0 Å². The Balaban J connectivity index is 2.90. The van der Waals surface area contributed by atoms with Gasteiger partial charge in [0.25, 0.3) is 5.91 Å². The number of carbonyl (C=O) groups excluding carboxylic acids is 1. The zero-order valence-electron chi connectivity index (χ0n) is 11.9. The molecular formula is C13H20N4O3. The first-order valence-electron chi connectivity index (χ1n) is 6.28. The molecule has 0 heterocycles. The van der Waals surface area contributed by atoms with Gasteiger partial charge in [-0.1, -0.05) is 26.8 Å². The SMILES string of the molecule is CC(C)(C)CCNC(=O)c1cccc(NN)c1[N+](=O)[O-]. The summed E-state index contributed by atoms with van der Waals surface area (Å²) in [5.41, 5.74) is 2.11. The highest BCUT2D eigenvalue weighted by molar-refractivity contribution is 6.00. The monoisotopic (exact) mass is 280 g/mol. The molecular weight excluding hydrogens is 260 g/mol. The minimum atomic E-state index is -0.617. The van der Waals surface area contributed by atoms with E-state index in [1.807, 2.05) is 0 Å². The molecule has 0 aliphatic heterocycles. The number of nitrogen functional groups attached to an aromatic ring is 1. The van der Waals surface area contributed by atoms with Crippen molar-refractivity contribution in [2.75, 3.05) is 12.0 Å². The van der Waals surface area contributed by atoms with Crippen molar-refractivity contribution in [1.82, 2.24) is 5.32 Å². The molecule has 0 aromatic heterocycles. The molecule has 0 atom stereocenters. The summed E-state index contributed by atoms with van der Waals surface area (Å²) in [5.74, 6) is 4.75. The van der Waals surface area contributed by atoms with Crippen molar-refractivity contribution in [2.24, 2.45) is 11.3 Å². The van der Waals surface area contributed by atoms with Crippen LogP contribution in [0.1, 0.15) is 37.6 Å². The molecule has 20 heavy (non-hydrogen) atoms. The predicted octanol–water partition coefficient (Wildman–Crippen LogP) is 2.05. The Bertz CT molecular complexity index is 509. The Hall–Kier alpha value is -2.15. The normalized spacial score (nSPS) is 11.0. The average molecular weight is 280 g/mol. The fourth-order valence-electron chi connectivity index (χ4n) is 1.69. The third kappa shape index (κ3) is 4.20. The first-order chi connectivity index (χ1) is 9.26. The van der Waals surface area contributed by atoms with Crippen LogP contribution in [0, 0.1) is 15.5 Å². The molecule has 0 spiro atoms. The topological polar surface area (TPSA) is 110 Å². The molecule has 0 saturated carbocycles. The maximum atomic E-state index is 12.0. The smallest absolute Gasteiger partial charge is 0.306 e. The lowest BCUT2D eigenvalue weighted by molar-refractivity contribution is -0.384. The number of nitro groups is 1. The molecule has 1 aromatic carbocycles. The van der Waals surface area contributed by atoms with Crippen LogP contribution in [0.25, 0.3) is 0 Å². The molecule has 7 nitrogen and oxygen atoms in total. The maximum absolute atomic E-state index is 12.0. The van der Waals surface area contributed by atoms with E-state index in [9.17, 15) is 14.9 Å². The standard InChI is InChI=1S/C13H20N4O3/c1-13(2,3)7-8-15-12(18)9-5-4-6-10(16-14)11(9)17(19)20/h4-6,16H,7-8,14H2,1-3H3,(H,15,18). The highest BCUT2D eigenvalue weighted by Crippen LogP contribution is 2.27. The second kappa shape index (κ2) is 6.33. The molecule has 0 unspecified atom stereocenters. The van der Waals surface area contributed by atoms with Crippen LogP contribution in [0.15, 0.2) is 18.2 Å². The second-order valence-electron chi connectivity index (χ2n) is 5.67. The van der Waals surface area contributed by atoms with E-state index in [1.165, 1.54) is 12.1 Å². The molecule has 1 aromatic rings. The zero-order valence-corrected chi connectivity index (χ0v) is 11.9. The number of nitro benzene ring substituents is 1. The molecule has 7 heteroatoms. The Kier molecular flexibility index (Phi) is 5.04. The number of hydrazine groups is 1. The maximum Gasteiger partial charge on any atom is 0.306 e. The number of nitrogens with one attached hydrogen (secondary N) is 2. The van der Waals surface area contributed by atoms with Crippen LogP contribution in [-0.2, 0) is 0 Å². The first-order valence-corrected chi connectivity index (χ1v) is 6.28. The fourth-order valence-corrected chi connectivity index (χ4v) is 1.69. The number of rotatable bonds is 5. The number of hydrogen-bond acceptors (Lipinski definition) is 5. The highest BCUT2D eigenvalue weighted by Gasteiger charge is 2.24. The van der Waals surface area contributed by atoms with E-state index in [4.69, 9.17) is 5.84 Å². The summed E-state index contributed by atoms with van der Waals surface area (Å²) in [7, 11) is 0. The van der Waals surface area contributed by atoms with Crippen molar-refractivity contribution in [3.8, 4) is 0 Å². The van der Waals surface area contributed by atoms with Crippen LogP contribution in [0.5, 0.6) is 0 Å². The van der Waals surface area contributed by atoms with Gasteiger partial charge in [-0.3, -0.25) is 20.8 Å². The molecule has 0 aliphatic carbocycles. The molecule has 0 bridgehead atoms. The first kappa shape index (κ1) is 15.9. The summed E-state index contributed by atoms with van der Waals surface area (Å²) < 4.78 is 0. The summed E-state index contributed by atoms with van der Waals surface area (Å²) >= 11 is 0. The molecule has 1 amide bonds. The Morgan fingerprint density at radius 1 is 1.40 bits per heavy atom. The minimum Gasteiger partial charge on any atom is -0.352 e. The van der Waals surface area contributed by atoms with E-state index >= 15 is 0 Å². The molecule has 4 N–H and O–H groups in total. The largest absolute Gasteiger partial charge is 0.352 e. The molecule has 0 saturated heterocycles. The molecule has 0 radical (unpaired) electrons. The Labute approximate surface area is 117 Å². The van der Waals surface area contributed by atoms with Crippen molar-refractivity contribution < 1.29 is 9.72 Å². The third-order valence-electron chi connectivity index (χ3n) is 2.78. The van der Waals surface area contributed by atoms with Crippen LogP contribution in [-0.4, -0.2) is 17.4 Å². The zero-order chi connectivity index (χ0) is 15.3. The number of nitrogens with zero attached hydrogens (tertiary/aromatic N) is 1. The molecule has 0 fully saturated rings. The van der Waals surface area contributed by atoms with Gasteiger partial charge in [-0.15, -0.1) is 0 Å². The van der Waals surface area contributed by atoms with Crippen LogP contribution in [0.3, 0.4) is 0 Å². The molecule has 1 rings (SSSR count). The van der Waals surface area contributed by atoms with Gasteiger partial charge in [0.2, 0.25) is 0 Å². The fraction of sp³-hybridized carbons (Fsp3) is 0.462. The number of nitrogens with two attached hydrogens (primary N) is 1. The lowest BCUT2D eigenvalue weighted by Crippen LogP contribution is -2.28. The average Bonchev–Trinajstić information content (AvgIpc) is 2.35. The Morgan fingerprint density at radius 3 is 2.55 bits per heavy atom. The second-order valence-corrected chi connectivity index (χ2v) is 5.67. The van der Waals surface area contributed by atoms with Crippen molar-refractivity contribution >= 4 is 17.3 Å². The summed E-state index contributed by atoms with van der Waals surface area (Å²) in [6, 6.07) is 4.40. The van der Waals surface area contributed by atoms with Gasteiger partial charge in [-0.05, 0) is 24.0 Å². The van der Waals surface area contributed by atoms with Gasteiger partial charge in [0.1, 0.15) is 11.3 Å². The number of anilines is 1. The van der Waals surface area contributed by atoms with Crippen molar-refractivity contribution in [3.05, 3.63) is 33.9 Å². The molecule has 110 valence electrons. The van der Waals surface area contributed by atoms with Crippen molar-refractivity contribution in [2.45, 2.75) is 27.2 Å². The van der Waals surface area contributed by atoms with Gasteiger partial charge in [0.05, 0.1) is 4.92 Å². The van der Waals surface area contributed by atoms with E-state index in [-0.39, 0.29) is 22.4 Å². The lowest BCUT2D eigenvalue weighted by Gasteiger charge is -2.18. The summed E-state index contributed by atoms with van der Waals surface area (Å²) in [6.45, 7) is 6.63. The minimum absolute atomic E-state index is 0.000593. The van der Waals surface area contributed by atoms with E-state index in [0.717, 1.165) is 6.42 Å². The van der Waals surface area contributed by atoms with Crippen LogP contribution >= 0.6 is 0 Å². The van der Waals surface area contributed by atoms with Gasteiger partial charge < -0.3 is 10.7 Å². The number of hydrogen-bond donors (Lipinski definition) is 3.